The van der Waals surface area contributed by atoms with Crippen LogP contribution in [0.15, 0.2) is 0 Å². The summed E-state index contributed by atoms with van der Waals surface area (Å²) in [6.45, 7) is 6.78. The van der Waals surface area contributed by atoms with Crippen molar-refractivity contribution in [2.45, 2.75) is 38.6 Å². The fourth-order valence-electron chi connectivity index (χ4n) is 2.82. The van der Waals surface area contributed by atoms with E-state index in [0.717, 1.165) is 45.6 Å². The first kappa shape index (κ1) is 16.2. The summed E-state index contributed by atoms with van der Waals surface area (Å²) in [5.41, 5.74) is 5.58. The van der Waals surface area contributed by atoms with E-state index in [0.29, 0.717) is 24.8 Å². The highest BCUT2D eigenvalue weighted by Crippen LogP contribution is 2.28. The Bertz CT molecular complexity index is 361. The molecule has 120 valence electrons. The number of nitrogens with one attached hydrogen (secondary N) is 1. The minimum Gasteiger partial charge on any atom is -0.355 e. The van der Waals surface area contributed by atoms with Gasteiger partial charge in [0.2, 0.25) is 11.8 Å². The minimum atomic E-state index is -0.0916. The second kappa shape index (κ2) is 7.75. The van der Waals surface area contributed by atoms with Crippen molar-refractivity contribution in [1.82, 2.24) is 15.1 Å². The van der Waals surface area contributed by atoms with Crippen LogP contribution in [0.5, 0.6) is 0 Å². The lowest BCUT2D eigenvalue weighted by Gasteiger charge is -2.38. The van der Waals surface area contributed by atoms with Gasteiger partial charge in [0, 0.05) is 57.6 Å². The van der Waals surface area contributed by atoms with E-state index in [1.165, 1.54) is 6.42 Å². The summed E-state index contributed by atoms with van der Waals surface area (Å²) < 4.78 is 0. The smallest absolute Gasteiger partial charge is 0.225 e. The van der Waals surface area contributed by atoms with Gasteiger partial charge in [-0.2, -0.15) is 0 Å². The predicted molar refractivity (Wildman–Crippen MR) is 81.6 cm³/mol. The van der Waals surface area contributed by atoms with Crippen LogP contribution in [-0.2, 0) is 9.59 Å². The zero-order valence-electron chi connectivity index (χ0n) is 13.0. The third kappa shape index (κ3) is 4.97. The van der Waals surface area contributed by atoms with Crippen LogP contribution in [0.3, 0.4) is 0 Å². The van der Waals surface area contributed by atoms with E-state index < -0.39 is 0 Å². The molecule has 0 bridgehead atoms. The molecule has 1 unspecified atom stereocenters. The van der Waals surface area contributed by atoms with E-state index in [-0.39, 0.29) is 11.9 Å². The zero-order valence-corrected chi connectivity index (χ0v) is 13.0. The average molecular weight is 296 g/mol. The molecule has 2 amide bonds. The molecule has 1 aliphatic carbocycles. The Morgan fingerprint density at radius 3 is 2.43 bits per heavy atom. The van der Waals surface area contributed by atoms with Crippen LogP contribution in [0.1, 0.15) is 32.6 Å². The normalized spacial score (nSPS) is 21.7. The van der Waals surface area contributed by atoms with Crippen LogP contribution in [0.2, 0.25) is 0 Å². The monoisotopic (exact) mass is 296 g/mol. The third-order valence-electron chi connectivity index (χ3n) is 4.40. The Labute approximate surface area is 127 Å². The molecule has 1 heterocycles. The molecule has 0 aromatic heterocycles. The van der Waals surface area contributed by atoms with Gasteiger partial charge in [-0.15, -0.1) is 0 Å². The molecular weight excluding hydrogens is 268 g/mol. The molecule has 2 aliphatic rings. The highest BCUT2D eigenvalue weighted by atomic mass is 16.2. The number of hydrogen-bond donors (Lipinski definition) is 2. The molecule has 1 aliphatic heterocycles. The summed E-state index contributed by atoms with van der Waals surface area (Å²) in [6.07, 6.45) is 3.73. The number of nitrogens with two attached hydrogens (primary N) is 1. The number of amides is 2. The number of nitrogens with zero attached hydrogens (tertiary/aromatic N) is 2. The lowest BCUT2D eigenvalue weighted by atomic mass is 9.84. The summed E-state index contributed by atoms with van der Waals surface area (Å²) in [4.78, 5) is 27.9. The molecular formula is C15H28N4O2. The number of carbonyl (C=O) groups is 2. The van der Waals surface area contributed by atoms with Crippen molar-refractivity contribution in [1.29, 1.82) is 0 Å². The highest BCUT2D eigenvalue weighted by molar-refractivity contribution is 5.79. The van der Waals surface area contributed by atoms with Crippen LogP contribution < -0.4 is 11.1 Å². The quantitative estimate of drug-likeness (QED) is 0.710. The number of hydrogen-bond acceptors (Lipinski definition) is 4. The van der Waals surface area contributed by atoms with Crippen molar-refractivity contribution in [3.8, 4) is 0 Å². The SMILES string of the molecule is CC(N)CC(=O)NCCN1CCN(C(=O)C2CCC2)CC1. The summed E-state index contributed by atoms with van der Waals surface area (Å²) in [5.74, 6) is 0.670. The summed E-state index contributed by atoms with van der Waals surface area (Å²) >= 11 is 0. The summed E-state index contributed by atoms with van der Waals surface area (Å²) in [6, 6.07) is -0.0916. The number of rotatable bonds is 6. The van der Waals surface area contributed by atoms with Gasteiger partial charge in [0.05, 0.1) is 0 Å². The van der Waals surface area contributed by atoms with E-state index in [2.05, 4.69) is 10.2 Å². The van der Waals surface area contributed by atoms with Gasteiger partial charge in [-0.3, -0.25) is 14.5 Å². The molecule has 0 radical (unpaired) electrons. The van der Waals surface area contributed by atoms with Crippen LogP contribution in [0, 0.1) is 5.92 Å². The first-order valence-electron chi connectivity index (χ1n) is 8.09. The van der Waals surface area contributed by atoms with Gasteiger partial charge in [0.1, 0.15) is 0 Å². The van der Waals surface area contributed by atoms with Gasteiger partial charge < -0.3 is 16.0 Å². The van der Waals surface area contributed by atoms with Gasteiger partial charge in [-0.05, 0) is 19.8 Å². The maximum Gasteiger partial charge on any atom is 0.225 e. The van der Waals surface area contributed by atoms with Gasteiger partial charge in [-0.25, -0.2) is 0 Å². The molecule has 6 heteroatoms. The topological polar surface area (TPSA) is 78.7 Å². The van der Waals surface area contributed by atoms with Gasteiger partial charge in [0.15, 0.2) is 0 Å². The number of piperazine rings is 1. The Morgan fingerprint density at radius 1 is 1.24 bits per heavy atom. The third-order valence-corrected chi connectivity index (χ3v) is 4.40. The first-order chi connectivity index (χ1) is 10.1. The van der Waals surface area contributed by atoms with Crippen LogP contribution in [-0.4, -0.2) is 66.9 Å². The summed E-state index contributed by atoms with van der Waals surface area (Å²) in [5, 5.41) is 2.89. The molecule has 6 nitrogen and oxygen atoms in total. The van der Waals surface area contributed by atoms with E-state index in [4.69, 9.17) is 5.73 Å². The van der Waals surface area contributed by atoms with Crippen molar-refractivity contribution < 1.29 is 9.59 Å². The maximum absolute atomic E-state index is 12.1. The van der Waals surface area contributed by atoms with Gasteiger partial charge in [0.25, 0.3) is 0 Å². The highest BCUT2D eigenvalue weighted by Gasteiger charge is 2.30. The molecule has 0 aromatic carbocycles. The standard InChI is InChI=1S/C15H28N4O2/c1-12(16)11-14(20)17-5-6-18-7-9-19(10-8-18)15(21)13-3-2-4-13/h12-13H,2-11,16H2,1H3,(H,17,20). The van der Waals surface area contributed by atoms with E-state index in [1.54, 1.807) is 0 Å². The fraction of sp³-hybridized carbons (Fsp3) is 0.867. The maximum atomic E-state index is 12.1. The van der Waals surface area contributed by atoms with Crippen molar-refractivity contribution in [2.75, 3.05) is 39.3 Å². The van der Waals surface area contributed by atoms with Crippen molar-refractivity contribution in [3.05, 3.63) is 0 Å². The lowest BCUT2D eigenvalue weighted by molar-refractivity contribution is -0.139. The molecule has 2 rings (SSSR count). The molecule has 3 N–H and O–H groups in total. The second-order valence-electron chi connectivity index (χ2n) is 6.33. The Kier molecular flexibility index (Phi) is 5.99. The average Bonchev–Trinajstić information content (AvgIpc) is 2.36. The van der Waals surface area contributed by atoms with Crippen LogP contribution in [0.4, 0.5) is 0 Å². The van der Waals surface area contributed by atoms with Crippen LogP contribution >= 0.6 is 0 Å². The molecule has 1 atom stereocenters. The van der Waals surface area contributed by atoms with E-state index in [9.17, 15) is 9.59 Å². The van der Waals surface area contributed by atoms with Crippen molar-refractivity contribution >= 4 is 11.8 Å². The summed E-state index contributed by atoms with van der Waals surface area (Å²) in [7, 11) is 0. The van der Waals surface area contributed by atoms with Gasteiger partial charge in [-0.1, -0.05) is 6.42 Å². The van der Waals surface area contributed by atoms with Crippen molar-refractivity contribution in [2.24, 2.45) is 11.7 Å². The fourth-order valence-corrected chi connectivity index (χ4v) is 2.82. The number of carbonyl (C=O) groups excluding carboxylic acids is 2. The lowest BCUT2D eigenvalue weighted by Crippen LogP contribution is -2.52. The molecule has 21 heavy (non-hydrogen) atoms. The molecule has 1 saturated heterocycles. The zero-order chi connectivity index (χ0) is 15.2. The Morgan fingerprint density at radius 2 is 1.90 bits per heavy atom. The van der Waals surface area contributed by atoms with E-state index in [1.807, 2.05) is 11.8 Å². The van der Waals surface area contributed by atoms with E-state index >= 15 is 0 Å². The molecule has 2 fully saturated rings. The van der Waals surface area contributed by atoms with Crippen molar-refractivity contribution in [3.63, 3.8) is 0 Å². The molecule has 0 spiro atoms. The Balaban J connectivity index is 1.58. The van der Waals surface area contributed by atoms with Crippen LogP contribution in [0.25, 0.3) is 0 Å². The molecule has 1 saturated carbocycles. The first-order valence-corrected chi connectivity index (χ1v) is 8.09. The minimum absolute atomic E-state index is 0.0174. The largest absolute Gasteiger partial charge is 0.355 e. The predicted octanol–water partition coefficient (Wildman–Crippen LogP) is -0.216. The second-order valence-corrected chi connectivity index (χ2v) is 6.33. The Hall–Kier alpha value is -1.14. The molecule has 0 aromatic rings. The van der Waals surface area contributed by atoms with Gasteiger partial charge >= 0.3 is 0 Å².